The van der Waals surface area contributed by atoms with Gasteiger partial charge < -0.3 is 33.8 Å². The van der Waals surface area contributed by atoms with Crippen LogP contribution in [0.2, 0.25) is 0 Å². The van der Waals surface area contributed by atoms with Crippen LogP contribution in [0.4, 0.5) is 0 Å². The first kappa shape index (κ1) is 99.1. The van der Waals surface area contributed by atoms with Gasteiger partial charge in [0.25, 0.3) is 0 Å². The number of rotatable bonds is 82. The van der Waals surface area contributed by atoms with Crippen molar-refractivity contribution in [2.45, 2.75) is 457 Å². The largest absolute Gasteiger partial charge is 0.472 e. The van der Waals surface area contributed by atoms with Gasteiger partial charge in [0.15, 0.2) is 12.2 Å². The van der Waals surface area contributed by atoms with Crippen LogP contribution in [-0.2, 0) is 65.4 Å². The molecule has 0 aromatic carbocycles. The number of carbonyl (C=O) groups is 4. The number of aliphatic hydroxyl groups is 1. The average molecular weight is 1480 g/mol. The second-order valence-electron chi connectivity index (χ2n) is 30.0. The predicted octanol–water partition coefficient (Wildman–Crippen LogP) is 24.8. The number of phosphoric acid groups is 2. The molecule has 0 radical (unpaired) electrons. The van der Waals surface area contributed by atoms with Crippen LogP contribution >= 0.6 is 15.6 Å². The minimum absolute atomic E-state index is 0.107. The SMILES string of the molecule is CCCCCCCCCCCCCCCCCCCCCCCCC(=O)O[C@H](COC(=O)CCCCCCCCCCCCCCCCCCCCC(C)C)COP(=O)(O)OC[C@@H](O)COP(=O)(O)OC[C@@H](COC(=O)CCCCCCC)OC(=O)CCCCCCCCCCCCCCC. The zero-order valence-electron chi connectivity index (χ0n) is 66.1. The van der Waals surface area contributed by atoms with Gasteiger partial charge in [0.1, 0.15) is 19.3 Å². The Kier molecular flexibility index (Phi) is 73.5. The molecule has 0 spiro atoms. The Bertz CT molecular complexity index is 1930. The van der Waals surface area contributed by atoms with Crippen LogP contribution in [0.3, 0.4) is 0 Å². The van der Waals surface area contributed by atoms with Gasteiger partial charge >= 0.3 is 39.5 Å². The summed E-state index contributed by atoms with van der Waals surface area (Å²) < 4.78 is 68.5. The minimum Gasteiger partial charge on any atom is -0.462 e. The van der Waals surface area contributed by atoms with Gasteiger partial charge in [-0.15, -0.1) is 0 Å². The second-order valence-corrected chi connectivity index (χ2v) is 32.9. The fraction of sp³-hybridized carbons (Fsp3) is 0.951. The summed E-state index contributed by atoms with van der Waals surface area (Å²) in [5, 5.41) is 10.6. The first-order valence-corrected chi connectivity index (χ1v) is 45.6. The Labute approximate surface area is 619 Å². The molecule has 0 rings (SSSR count). The molecule has 101 heavy (non-hydrogen) atoms. The number of hydrogen-bond donors (Lipinski definition) is 3. The van der Waals surface area contributed by atoms with Crippen molar-refractivity contribution in [1.29, 1.82) is 0 Å². The summed E-state index contributed by atoms with van der Waals surface area (Å²) in [4.78, 5) is 72.7. The topological polar surface area (TPSA) is 237 Å². The van der Waals surface area contributed by atoms with Crippen LogP contribution in [0.5, 0.6) is 0 Å². The van der Waals surface area contributed by atoms with Gasteiger partial charge in [0.2, 0.25) is 0 Å². The van der Waals surface area contributed by atoms with Gasteiger partial charge in [-0.2, -0.15) is 0 Å². The Hall–Kier alpha value is -1.94. The Balaban J connectivity index is 5.09. The van der Waals surface area contributed by atoms with E-state index in [1.165, 1.54) is 257 Å². The Morgan fingerprint density at radius 1 is 0.267 bits per heavy atom. The molecule has 0 fully saturated rings. The molecule has 0 saturated carbocycles. The third-order valence-corrected chi connectivity index (χ3v) is 21.2. The van der Waals surface area contributed by atoms with E-state index in [-0.39, 0.29) is 25.7 Å². The molecule has 2 unspecified atom stereocenters. The van der Waals surface area contributed by atoms with Crippen molar-refractivity contribution in [3.05, 3.63) is 0 Å². The van der Waals surface area contributed by atoms with Crippen molar-refractivity contribution in [2.24, 2.45) is 5.92 Å². The molecule has 0 aromatic rings. The van der Waals surface area contributed by atoms with Gasteiger partial charge in [0.05, 0.1) is 26.4 Å². The fourth-order valence-electron chi connectivity index (χ4n) is 12.8. The molecule has 0 saturated heterocycles. The van der Waals surface area contributed by atoms with E-state index in [0.29, 0.717) is 25.7 Å². The smallest absolute Gasteiger partial charge is 0.462 e. The maximum Gasteiger partial charge on any atom is 0.472 e. The van der Waals surface area contributed by atoms with E-state index >= 15 is 0 Å². The van der Waals surface area contributed by atoms with Crippen LogP contribution in [0.15, 0.2) is 0 Å². The third kappa shape index (κ3) is 76.1. The molecule has 0 aliphatic carbocycles. The number of esters is 4. The first-order valence-electron chi connectivity index (χ1n) is 42.6. The zero-order valence-corrected chi connectivity index (χ0v) is 67.8. The lowest BCUT2D eigenvalue weighted by atomic mass is 10.0. The molecule has 17 nitrogen and oxygen atoms in total. The van der Waals surface area contributed by atoms with E-state index in [9.17, 15) is 43.2 Å². The van der Waals surface area contributed by atoms with Gasteiger partial charge in [-0.3, -0.25) is 37.3 Å². The molecular formula is C82H160O17P2. The predicted molar refractivity (Wildman–Crippen MR) is 414 cm³/mol. The summed E-state index contributed by atoms with van der Waals surface area (Å²) in [7, 11) is -9.91. The average Bonchev–Trinajstić information content (AvgIpc) is 0.992. The molecule has 0 heterocycles. The lowest BCUT2D eigenvalue weighted by Crippen LogP contribution is -2.30. The van der Waals surface area contributed by atoms with E-state index in [1.807, 2.05) is 0 Å². The van der Waals surface area contributed by atoms with E-state index < -0.39 is 97.5 Å². The number of aliphatic hydroxyl groups excluding tert-OH is 1. The summed E-state index contributed by atoms with van der Waals surface area (Å²) >= 11 is 0. The van der Waals surface area contributed by atoms with Crippen molar-refractivity contribution >= 4 is 39.5 Å². The zero-order chi connectivity index (χ0) is 74.1. The quantitative estimate of drug-likeness (QED) is 0.0222. The van der Waals surface area contributed by atoms with Crippen molar-refractivity contribution in [3.8, 4) is 0 Å². The Morgan fingerprint density at radius 2 is 0.455 bits per heavy atom. The highest BCUT2D eigenvalue weighted by atomic mass is 31.2. The molecule has 0 amide bonds. The summed E-state index contributed by atoms with van der Waals surface area (Å²) in [6.07, 6.45) is 67.3. The minimum atomic E-state index is -4.96. The number of unbranched alkanes of at least 4 members (excludes halogenated alkanes) is 54. The molecular weight excluding hydrogens is 1320 g/mol. The van der Waals surface area contributed by atoms with E-state index in [4.69, 9.17) is 37.0 Å². The van der Waals surface area contributed by atoms with Gasteiger partial charge in [-0.25, -0.2) is 9.13 Å². The van der Waals surface area contributed by atoms with Crippen molar-refractivity contribution in [3.63, 3.8) is 0 Å². The normalized spacial score (nSPS) is 13.8. The van der Waals surface area contributed by atoms with Crippen LogP contribution in [-0.4, -0.2) is 96.7 Å². The standard InChI is InChI=1S/C82H160O17P2/c1-6-9-12-15-17-19-21-23-24-25-26-27-28-29-34-37-41-45-49-53-58-63-68-82(87)99-78(72-93-80(85)66-61-56-51-47-43-40-36-33-31-30-32-35-39-42-46-50-55-59-64-75(4)5)74-97-101(90,91)95-70-76(83)69-94-100(88,89)96-73-77(71-92-79(84)65-60-54-14-11-8-3)98-81(86)67-62-57-52-48-44-38-22-20-18-16-13-10-7-2/h75-78,83H,6-74H2,1-5H3,(H,88,89)(H,90,91)/t76-,77+,78+/m0/s1. The van der Waals surface area contributed by atoms with E-state index in [1.54, 1.807) is 0 Å². The van der Waals surface area contributed by atoms with Gasteiger partial charge in [-0.05, 0) is 31.6 Å². The van der Waals surface area contributed by atoms with Gasteiger partial charge in [0, 0.05) is 25.7 Å². The molecule has 0 bridgehead atoms. The highest BCUT2D eigenvalue weighted by Crippen LogP contribution is 2.45. The number of carbonyl (C=O) groups excluding carboxylic acids is 4. The van der Waals surface area contributed by atoms with Crippen molar-refractivity contribution < 1.29 is 80.2 Å². The maximum absolute atomic E-state index is 13.1. The molecule has 600 valence electrons. The Morgan fingerprint density at radius 3 is 0.673 bits per heavy atom. The molecule has 0 aliphatic heterocycles. The van der Waals surface area contributed by atoms with Crippen LogP contribution in [0.25, 0.3) is 0 Å². The number of ether oxygens (including phenoxy) is 4. The summed E-state index contributed by atoms with van der Waals surface area (Å²) in [6, 6.07) is 0. The third-order valence-electron chi connectivity index (χ3n) is 19.3. The molecule has 19 heteroatoms. The van der Waals surface area contributed by atoms with Crippen LogP contribution < -0.4 is 0 Å². The first-order chi connectivity index (χ1) is 49.0. The molecule has 0 aromatic heterocycles. The second kappa shape index (κ2) is 74.9. The van der Waals surface area contributed by atoms with Crippen LogP contribution in [0, 0.1) is 5.92 Å². The highest BCUT2D eigenvalue weighted by molar-refractivity contribution is 7.47. The maximum atomic E-state index is 13.1. The van der Waals surface area contributed by atoms with Gasteiger partial charge in [-0.1, -0.05) is 388 Å². The van der Waals surface area contributed by atoms with E-state index in [2.05, 4.69) is 34.6 Å². The summed E-state index contributed by atoms with van der Waals surface area (Å²) in [6.45, 7) is 7.28. The monoisotopic (exact) mass is 1480 g/mol. The van der Waals surface area contributed by atoms with Crippen molar-refractivity contribution in [2.75, 3.05) is 39.6 Å². The highest BCUT2D eigenvalue weighted by Gasteiger charge is 2.30. The number of hydrogen-bond acceptors (Lipinski definition) is 15. The molecule has 0 aliphatic rings. The van der Waals surface area contributed by atoms with E-state index in [0.717, 1.165) is 102 Å². The fourth-order valence-corrected chi connectivity index (χ4v) is 14.3. The summed E-state index contributed by atoms with van der Waals surface area (Å²) in [5.41, 5.74) is 0. The van der Waals surface area contributed by atoms with Crippen molar-refractivity contribution in [1.82, 2.24) is 0 Å². The number of phosphoric ester groups is 2. The molecule has 3 N–H and O–H groups in total. The lowest BCUT2D eigenvalue weighted by Gasteiger charge is -2.21. The van der Waals surface area contributed by atoms with Crippen LogP contribution in [0.1, 0.15) is 439 Å². The summed E-state index contributed by atoms with van der Waals surface area (Å²) in [5.74, 6) is -1.30. The lowest BCUT2D eigenvalue weighted by molar-refractivity contribution is -0.161. The molecule has 5 atom stereocenters.